The normalized spacial score (nSPS) is 20.0. The Morgan fingerprint density at radius 3 is 2.15 bits per heavy atom. The van der Waals surface area contributed by atoms with Gasteiger partial charge in [-0.2, -0.15) is 17.5 Å². The second kappa shape index (κ2) is 13.0. The summed E-state index contributed by atoms with van der Waals surface area (Å²) in [4.78, 5) is 2.08. The number of hydrogen-bond acceptors (Lipinski definition) is 5. The Morgan fingerprint density at radius 2 is 1.64 bits per heavy atom. The summed E-state index contributed by atoms with van der Waals surface area (Å²) in [6, 6.07) is 3.52. The van der Waals surface area contributed by atoms with Crippen molar-refractivity contribution >= 4 is 10.0 Å². The van der Waals surface area contributed by atoms with Gasteiger partial charge in [0.15, 0.2) is 0 Å². The fraction of sp³-hybridized carbons (Fsp3) is 0.739. The van der Waals surface area contributed by atoms with Crippen LogP contribution in [0.3, 0.4) is 0 Å². The van der Waals surface area contributed by atoms with E-state index in [0.29, 0.717) is 26.0 Å². The zero-order chi connectivity index (χ0) is 24.5. The predicted molar refractivity (Wildman–Crippen MR) is 121 cm³/mol. The lowest BCUT2D eigenvalue weighted by atomic mass is 9.93. The third-order valence-corrected chi connectivity index (χ3v) is 8.28. The maximum Gasteiger partial charge on any atom is 0.416 e. The Kier molecular flexibility index (Phi) is 11.1. The van der Waals surface area contributed by atoms with Crippen LogP contribution in [0.4, 0.5) is 13.2 Å². The highest BCUT2D eigenvalue weighted by atomic mass is 32.2. The van der Waals surface area contributed by atoms with Crippen LogP contribution >= 0.6 is 0 Å². The third-order valence-electron chi connectivity index (χ3n) is 6.24. The van der Waals surface area contributed by atoms with E-state index in [2.05, 4.69) is 11.8 Å². The topological polar surface area (TPSA) is 70.1 Å². The zero-order valence-corrected chi connectivity index (χ0v) is 20.4. The van der Waals surface area contributed by atoms with Crippen molar-refractivity contribution in [1.82, 2.24) is 9.21 Å². The molecule has 0 atom stereocenters. The number of benzene rings is 1. The highest BCUT2D eigenvalue weighted by molar-refractivity contribution is 7.89. The molecule has 0 aromatic heterocycles. The highest BCUT2D eigenvalue weighted by Crippen LogP contribution is 2.32. The van der Waals surface area contributed by atoms with Gasteiger partial charge in [-0.3, -0.25) is 0 Å². The van der Waals surface area contributed by atoms with Crippen LogP contribution < -0.4 is 0 Å². The first-order chi connectivity index (χ1) is 15.6. The summed E-state index contributed by atoms with van der Waals surface area (Å²) in [5.41, 5.74) is -0.863. The number of halogens is 3. The Morgan fingerprint density at radius 1 is 1.00 bits per heavy atom. The number of aliphatic hydroxyl groups excluding tert-OH is 1. The van der Waals surface area contributed by atoms with Gasteiger partial charge in [0, 0.05) is 25.7 Å². The quantitative estimate of drug-likeness (QED) is 0.418. The molecule has 1 N–H and O–H groups in total. The smallest absolute Gasteiger partial charge is 0.395 e. The van der Waals surface area contributed by atoms with Crippen LogP contribution in [0.25, 0.3) is 0 Å². The number of aliphatic hydroxyl groups is 1. The molecular formula is C23H37F3N2O4S. The van der Waals surface area contributed by atoms with Gasteiger partial charge in [-0.05, 0) is 75.9 Å². The van der Waals surface area contributed by atoms with Crippen molar-refractivity contribution in [3.8, 4) is 0 Å². The lowest BCUT2D eigenvalue weighted by molar-refractivity contribution is -0.137. The Bertz CT molecular complexity index is 795. The minimum absolute atomic E-state index is 0.105. The molecule has 0 aliphatic heterocycles. The molecule has 0 amide bonds. The predicted octanol–water partition coefficient (Wildman–Crippen LogP) is 4.14. The summed E-state index contributed by atoms with van der Waals surface area (Å²) < 4.78 is 71.9. The summed E-state index contributed by atoms with van der Waals surface area (Å²) >= 11 is 0. The summed E-state index contributed by atoms with van der Waals surface area (Å²) in [5, 5.41) is 9.03. The molecule has 6 nitrogen and oxygen atoms in total. The number of rotatable bonds is 13. The first kappa shape index (κ1) is 28.0. The Hall–Kier alpha value is -1.20. The molecule has 10 heteroatoms. The lowest BCUT2D eigenvalue weighted by Gasteiger charge is -2.35. The zero-order valence-electron chi connectivity index (χ0n) is 19.6. The molecule has 0 radical (unpaired) electrons. The van der Waals surface area contributed by atoms with E-state index in [-0.39, 0.29) is 30.2 Å². The van der Waals surface area contributed by atoms with Crippen molar-refractivity contribution in [2.45, 2.75) is 75.6 Å². The van der Waals surface area contributed by atoms with Crippen LogP contribution in [0.15, 0.2) is 29.2 Å². The van der Waals surface area contributed by atoms with E-state index in [0.717, 1.165) is 63.0 Å². The monoisotopic (exact) mass is 494 g/mol. The average Bonchev–Trinajstić information content (AvgIpc) is 2.79. The summed E-state index contributed by atoms with van der Waals surface area (Å²) in [6.45, 7) is 7.44. The number of unbranched alkanes of at least 4 members (excludes halogenated alkanes) is 1. The third kappa shape index (κ3) is 8.20. The van der Waals surface area contributed by atoms with E-state index in [1.54, 1.807) is 6.92 Å². The average molecular weight is 495 g/mol. The second-order valence-corrected chi connectivity index (χ2v) is 10.3. The SMILES string of the molecule is CCN(CCO)CCCCO[C@H]1CC[C@H](N(CC)S(=O)(=O)c2ccc(C(F)(F)F)cc2)CC1. The number of hydrogen-bond donors (Lipinski definition) is 1. The van der Waals surface area contributed by atoms with Gasteiger partial charge in [0.25, 0.3) is 0 Å². The van der Waals surface area contributed by atoms with E-state index >= 15 is 0 Å². The molecule has 33 heavy (non-hydrogen) atoms. The largest absolute Gasteiger partial charge is 0.416 e. The van der Waals surface area contributed by atoms with Gasteiger partial charge >= 0.3 is 6.18 Å². The molecule has 190 valence electrons. The molecule has 1 aromatic rings. The fourth-order valence-electron chi connectivity index (χ4n) is 4.33. The van der Waals surface area contributed by atoms with E-state index in [4.69, 9.17) is 9.84 Å². The second-order valence-electron chi connectivity index (χ2n) is 8.40. The first-order valence-electron chi connectivity index (χ1n) is 11.8. The van der Waals surface area contributed by atoms with Crippen molar-refractivity contribution in [2.75, 3.05) is 39.4 Å². The molecule has 1 aromatic carbocycles. The van der Waals surface area contributed by atoms with E-state index < -0.39 is 21.8 Å². The Balaban J connectivity index is 1.83. The molecule has 0 spiro atoms. The van der Waals surface area contributed by atoms with E-state index in [9.17, 15) is 21.6 Å². The van der Waals surface area contributed by atoms with Crippen molar-refractivity contribution < 1.29 is 31.4 Å². The van der Waals surface area contributed by atoms with Crippen molar-refractivity contribution in [3.05, 3.63) is 29.8 Å². The molecule has 1 saturated carbocycles. The lowest BCUT2D eigenvalue weighted by Crippen LogP contribution is -2.43. The molecule has 0 heterocycles. The molecule has 1 aliphatic rings. The van der Waals surface area contributed by atoms with Gasteiger partial charge in [-0.15, -0.1) is 0 Å². The number of likely N-dealkylation sites (N-methyl/N-ethyl adjacent to an activating group) is 1. The molecule has 1 aliphatic carbocycles. The molecule has 2 rings (SSSR count). The molecule has 0 unspecified atom stereocenters. The van der Waals surface area contributed by atoms with E-state index in [1.807, 2.05) is 0 Å². The van der Waals surface area contributed by atoms with Gasteiger partial charge in [-0.1, -0.05) is 13.8 Å². The molecule has 0 bridgehead atoms. The maximum absolute atomic E-state index is 13.1. The number of sulfonamides is 1. The van der Waals surface area contributed by atoms with Gasteiger partial charge in [0.2, 0.25) is 10.0 Å². The summed E-state index contributed by atoms with van der Waals surface area (Å²) in [5.74, 6) is 0. The minimum Gasteiger partial charge on any atom is -0.395 e. The molecule has 0 saturated heterocycles. The van der Waals surface area contributed by atoms with Crippen LogP contribution in [0, 0.1) is 0 Å². The van der Waals surface area contributed by atoms with Gasteiger partial charge in [0.05, 0.1) is 23.2 Å². The number of alkyl halides is 3. The Labute approximate surface area is 195 Å². The standard InChI is InChI=1S/C23H37F3N2O4S/c1-3-27(16-17-29)15-5-6-18-32-21-11-9-20(10-12-21)28(4-2)33(30,31)22-13-7-19(8-14-22)23(24,25)26/h7-8,13-14,20-21,29H,3-6,9-12,15-18H2,1-2H3/t20-,21-. The van der Waals surface area contributed by atoms with Crippen LogP contribution in [-0.2, 0) is 20.9 Å². The van der Waals surface area contributed by atoms with Crippen molar-refractivity contribution in [2.24, 2.45) is 0 Å². The van der Waals surface area contributed by atoms with Gasteiger partial charge in [-0.25, -0.2) is 8.42 Å². The highest BCUT2D eigenvalue weighted by Gasteiger charge is 2.35. The fourth-order valence-corrected chi connectivity index (χ4v) is 6.03. The first-order valence-corrected chi connectivity index (χ1v) is 13.2. The number of ether oxygens (including phenoxy) is 1. The maximum atomic E-state index is 13.1. The van der Waals surface area contributed by atoms with Crippen LogP contribution in [-0.4, -0.2) is 74.3 Å². The van der Waals surface area contributed by atoms with Crippen molar-refractivity contribution in [3.63, 3.8) is 0 Å². The van der Waals surface area contributed by atoms with Gasteiger partial charge < -0.3 is 14.7 Å². The van der Waals surface area contributed by atoms with E-state index in [1.165, 1.54) is 4.31 Å². The van der Waals surface area contributed by atoms with Crippen LogP contribution in [0.2, 0.25) is 0 Å². The minimum atomic E-state index is -4.50. The van der Waals surface area contributed by atoms with Crippen LogP contribution in [0.5, 0.6) is 0 Å². The van der Waals surface area contributed by atoms with Crippen LogP contribution in [0.1, 0.15) is 57.9 Å². The molecule has 1 fully saturated rings. The van der Waals surface area contributed by atoms with Crippen molar-refractivity contribution in [1.29, 1.82) is 0 Å². The summed E-state index contributed by atoms with van der Waals surface area (Å²) in [6.07, 6.45) is 0.388. The molecular weight excluding hydrogens is 457 g/mol. The van der Waals surface area contributed by atoms with Gasteiger partial charge in [0.1, 0.15) is 0 Å². The number of nitrogens with zero attached hydrogens (tertiary/aromatic N) is 2. The summed E-state index contributed by atoms with van der Waals surface area (Å²) in [7, 11) is -3.87.